The number of nitrogens with zero attached hydrogens (tertiary/aromatic N) is 2. The van der Waals surface area contributed by atoms with Crippen LogP contribution in [0.5, 0.6) is 11.5 Å². The smallest absolute Gasteiger partial charge is 0.255 e. The predicted molar refractivity (Wildman–Crippen MR) is 113 cm³/mol. The number of anilines is 1. The highest BCUT2D eigenvalue weighted by Gasteiger charge is 2.12. The standard InChI is InChI=1S/C22H18N4O2S/c27-21(20-9-5-4-6-16(20)14-29-22-23-15-24-26-22)25-17-10-12-19(13-11-17)28-18-7-2-1-3-8-18/h1-13,15H,14H2,(H,25,27)(H,23,24,26). The summed E-state index contributed by atoms with van der Waals surface area (Å²) in [6.07, 6.45) is 1.46. The summed E-state index contributed by atoms with van der Waals surface area (Å²) in [7, 11) is 0. The SMILES string of the molecule is O=C(Nc1ccc(Oc2ccccc2)cc1)c1ccccc1CSc1ncn[nH]1. The molecule has 0 bridgehead atoms. The second-order valence-corrected chi connectivity index (χ2v) is 7.09. The van der Waals surface area contributed by atoms with Gasteiger partial charge in [0.25, 0.3) is 5.91 Å². The molecule has 1 amide bonds. The Balaban J connectivity index is 1.41. The Bertz CT molecular complexity index is 1070. The number of aromatic nitrogens is 3. The summed E-state index contributed by atoms with van der Waals surface area (Å²) in [5.41, 5.74) is 2.26. The molecular formula is C22H18N4O2S. The molecule has 29 heavy (non-hydrogen) atoms. The van der Waals surface area contributed by atoms with Gasteiger partial charge in [-0.2, -0.15) is 5.10 Å². The highest BCUT2D eigenvalue weighted by atomic mass is 32.2. The maximum atomic E-state index is 12.8. The van der Waals surface area contributed by atoms with Crippen molar-refractivity contribution in [3.8, 4) is 11.5 Å². The average Bonchev–Trinajstić information content (AvgIpc) is 3.28. The zero-order valence-electron chi connectivity index (χ0n) is 15.4. The Kier molecular flexibility index (Phi) is 5.87. The van der Waals surface area contributed by atoms with Crippen LogP contribution in [0.2, 0.25) is 0 Å². The van der Waals surface area contributed by atoms with Crippen molar-refractivity contribution in [2.24, 2.45) is 0 Å². The van der Waals surface area contributed by atoms with Crippen molar-refractivity contribution < 1.29 is 9.53 Å². The van der Waals surface area contributed by atoms with Gasteiger partial charge >= 0.3 is 0 Å². The van der Waals surface area contributed by atoms with Gasteiger partial charge < -0.3 is 10.1 Å². The first-order valence-electron chi connectivity index (χ1n) is 8.98. The van der Waals surface area contributed by atoms with E-state index in [9.17, 15) is 4.79 Å². The molecule has 6 nitrogen and oxygen atoms in total. The molecule has 7 heteroatoms. The molecule has 4 aromatic rings. The van der Waals surface area contributed by atoms with Gasteiger partial charge in [-0.1, -0.05) is 48.2 Å². The van der Waals surface area contributed by atoms with Crippen molar-refractivity contribution in [3.63, 3.8) is 0 Å². The number of nitrogens with one attached hydrogen (secondary N) is 2. The average molecular weight is 402 g/mol. The van der Waals surface area contributed by atoms with E-state index in [0.29, 0.717) is 27.9 Å². The van der Waals surface area contributed by atoms with Crippen LogP contribution in [0.3, 0.4) is 0 Å². The van der Waals surface area contributed by atoms with Gasteiger partial charge in [0, 0.05) is 17.0 Å². The van der Waals surface area contributed by atoms with Gasteiger partial charge in [-0.25, -0.2) is 4.98 Å². The van der Waals surface area contributed by atoms with Gasteiger partial charge in [0.1, 0.15) is 17.8 Å². The molecule has 0 aliphatic heterocycles. The quantitative estimate of drug-likeness (QED) is 0.418. The lowest BCUT2D eigenvalue weighted by Gasteiger charge is -2.10. The van der Waals surface area contributed by atoms with E-state index in [1.807, 2.05) is 78.9 Å². The Morgan fingerprint density at radius 3 is 2.41 bits per heavy atom. The molecular weight excluding hydrogens is 384 g/mol. The van der Waals surface area contributed by atoms with Gasteiger partial charge in [0.05, 0.1) is 0 Å². The van der Waals surface area contributed by atoms with Crippen LogP contribution in [0.15, 0.2) is 90.3 Å². The van der Waals surface area contributed by atoms with E-state index in [0.717, 1.165) is 11.3 Å². The number of carbonyl (C=O) groups excluding carboxylic acids is 1. The summed E-state index contributed by atoms with van der Waals surface area (Å²) >= 11 is 1.50. The lowest BCUT2D eigenvalue weighted by molar-refractivity contribution is 0.102. The molecule has 3 aromatic carbocycles. The van der Waals surface area contributed by atoms with E-state index >= 15 is 0 Å². The Morgan fingerprint density at radius 2 is 1.66 bits per heavy atom. The van der Waals surface area contributed by atoms with Crippen LogP contribution in [0.25, 0.3) is 0 Å². The van der Waals surface area contributed by atoms with Gasteiger partial charge in [-0.3, -0.25) is 9.89 Å². The molecule has 2 N–H and O–H groups in total. The van der Waals surface area contributed by atoms with Crippen LogP contribution in [0, 0.1) is 0 Å². The van der Waals surface area contributed by atoms with E-state index in [1.165, 1.54) is 18.1 Å². The molecule has 0 saturated carbocycles. The minimum absolute atomic E-state index is 0.157. The number of H-pyrrole nitrogens is 1. The number of hydrogen-bond donors (Lipinski definition) is 2. The molecule has 0 radical (unpaired) electrons. The summed E-state index contributed by atoms with van der Waals surface area (Å²) in [5.74, 6) is 1.93. The third-order valence-corrected chi connectivity index (χ3v) is 5.04. The number of para-hydroxylation sites is 1. The Hall–Kier alpha value is -3.58. The van der Waals surface area contributed by atoms with Gasteiger partial charge in [-0.15, -0.1) is 0 Å². The number of ether oxygens (including phenoxy) is 1. The summed E-state index contributed by atoms with van der Waals surface area (Å²) in [4.78, 5) is 16.9. The van der Waals surface area contributed by atoms with Crippen LogP contribution in [-0.2, 0) is 5.75 Å². The van der Waals surface area contributed by atoms with E-state index < -0.39 is 0 Å². The first kappa shape index (κ1) is 18.8. The predicted octanol–water partition coefficient (Wildman–Crippen LogP) is 5.14. The Labute approximate surface area is 172 Å². The third-order valence-electron chi connectivity index (χ3n) is 4.11. The number of rotatable bonds is 7. The fraction of sp³-hybridized carbons (Fsp3) is 0.0455. The van der Waals surface area contributed by atoms with Crippen molar-refractivity contribution >= 4 is 23.4 Å². The van der Waals surface area contributed by atoms with E-state index in [1.54, 1.807) is 0 Å². The first-order chi connectivity index (χ1) is 14.3. The fourth-order valence-electron chi connectivity index (χ4n) is 2.71. The molecule has 0 fully saturated rings. The minimum atomic E-state index is -0.157. The van der Waals surface area contributed by atoms with Crippen LogP contribution in [0.1, 0.15) is 15.9 Å². The largest absolute Gasteiger partial charge is 0.457 e. The first-order valence-corrected chi connectivity index (χ1v) is 9.97. The van der Waals surface area contributed by atoms with Crippen molar-refractivity contribution in [1.29, 1.82) is 0 Å². The van der Waals surface area contributed by atoms with Crippen molar-refractivity contribution in [3.05, 3.63) is 96.3 Å². The topological polar surface area (TPSA) is 79.9 Å². The van der Waals surface area contributed by atoms with Gasteiger partial charge in [0.15, 0.2) is 5.16 Å². The van der Waals surface area contributed by atoms with Gasteiger partial charge in [0.2, 0.25) is 0 Å². The van der Waals surface area contributed by atoms with Crippen LogP contribution in [0.4, 0.5) is 5.69 Å². The normalized spacial score (nSPS) is 10.5. The minimum Gasteiger partial charge on any atom is -0.457 e. The molecule has 4 rings (SSSR count). The molecule has 0 saturated heterocycles. The van der Waals surface area contributed by atoms with Crippen molar-refractivity contribution in [1.82, 2.24) is 15.2 Å². The van der Waals surface area contributed by atoms with E-state index in [2.05, 4.69) is 20.5 Å². The molecule has 0 aliphatic carbocycles. The number of benzene rings is 3. The number of hydrogen-bond acceptors (Lipinski definition) is 5. The number of thioether (sulfide) groups is 1. The monoisotopic (exact) mass is 402 g/mol. The Morgan fingerprint density at radius 1 is 0.931 bits per heavy atom. The molecule has 0 spiro atoms. The lowest BCUT2D eigenvalue weighted by Crippen LogP contribution is -2.14. The van der Waals surface area contributed by atoms with E-state index in [4.69, 9.17) is 4.74 Å². The summed E-state index contributed by atoms with van der Waals surface area (Å²) < 4.78 is 5.78. The summed E-state index contributed by atoms with van der Waals surface area (Å²) in [5, 5.41) is 10.3. The second kappa shape index (κ2) is 9.07. The molecule has 1 heterocycles. The van der Waals surface area contributed by atoms with Gasteiger partial charge in [-0.05, 0) is 48.0 Å². The number of carbonyl (C=O) groups is 1. The van der Waals surface area contributed by atoms with Crippen LogP contribution < -0.4 is 10.1 Å². The van der Waals surface area contributed by atoms with E-state index in [-0.39, 0.29) is 5.91 Å². The molecule has 0 unspecified atom stereocenters. The highest BCUT2D eigenvalue weighted by Crippen LogP contribution is 2.24. The molecule has 1 aromatic heterocycles. The summed E-state index contributed by atoms with van der Waals surface area (Å²) in [6.45, 7) is 0. The van der Waals surface area contributed by atoms with Crippen molar-refractivity contribution in [2.45, 2.75) is 10.9 Å². The zero-order chi connectivity index (χ0) is 19.9. The summed E-state index contributed by atoms with van der Waals surface area (Å²) in [6, 6.07) is 24.4. The number of aromatic amines is 1. The molecule has 144 valence electrons. The second-order valence-electron chi connectivity index (χ2n) is 6.13. The fourth-order valence-corrected chi connectivity index (χ4v) is 3.49. The maximum Gasteiger partial charge on any atom is 0.255 e. The zero-order valence-corrected chi connectivity index (χ0v) is 16.2. The molecule has 0 aliphatic rings. The molecule has 0 atom stereocenters. The number of amides is 1. The van der Waals surface area contributed by atoms with Crippen LogP contribution >= 0.6 is 11.8 Å². The maximum absolute atomic E-state index is 12.8. The lowest BCUT2D eigenvalue weighted by atomic mass is 10.1. The third kappa shape index (κ3) is 5.03. The van der Waals surface area contributed by atoms with Crippen molar-refractivity contribution in [2.75, 3.05) is 5.32 Å². The highest BCUT2D eigenvalue weighted by molar-refractivity contribution is 7.98. The van der Waals surface area contributed by atoms with Crippen LogP contribution in [-0.4, -0.2) is 21.1 Å².